The first-order chi connectivity index (χ1) is 26.7. The van der Waals surface area contributed by atoms with Crippen LogP contribution in [0.2, 0.25) is 0 Å². The molecule has 1 heteroatoms. The highest BCUT2D eigenvalue weighted by Gasteiger charge is 2.20. The monoisotopic (exact) mass is 673 g/mol. The summed E-state index contributed by atoms with van der Waals surface area (Å²) in [4.78, 5) is 0. The summed E-state index contributed by atoms with van der Waals surface area (Å²) in [6.45, 7) is 0. The predicted octanol–water partition coefficient (Wildman–Crippen LogP) is 14.9. The van der Waals surface area contributed by atoms with E-state index in [0.29, 0.717) is 6.04 Å². The van der Waals surface area contributed by atoms with Gasteiger partial charge in [0.1, 0.15) is 11.2 Å². The highest BCUT2D eigenvalue weighted by atomic mass is 16.3. The number of fused-ring (bicyclic) bond motifs is 7. The molecule has 0 amide bonds. The summed E-state index contributed by atoms with van der Waals surface area (Å²) in [5, 5.41) is 12.0. The summed E-state index contributed by atoms with van der Waals surface area (Å²) in [6.07, 6.45) is 0. The molecule has 11 rings (SSSR count). The molecule has 0 saturated carbocycles. The van der Waals surface area contributed by atoms with Gasteiger partial charge in [-0.1, -0.05) is 170 Å². The van der Waals surface area contributed by atoms with Crippen LogP contribution in [0.4, 0.5) is 0 Å². The van der Waals surface area contributed by atoms with E-state index in [1.807, 2.05) is 12.1 Å². The minimum absolute atomic E-state index is 0.518. The highest BCUT2D eigenvalue weighted by Crippen LogP contribution is 2.47. The Morgan fingerprint density at radius 2 is 0.868 bits per heavy atom. The highest BCUT2D eigenvalue weighted by molar-refractivity contribution is 6.24. The van der Waals surface area contributed by atoms with Crippen molar-refractivity contribution in [3.05, 3.63) is 194 Å². The fourth-order valence-corrected chi connectivity index (χ4v) is 8.66. The van der Waals surface area contributed by atoms with Crippen LogP contribution >= 0.6 is 0 Å². The quantitative estimate of drug-likeness (QED) is 0.170. The second kappa shape index (κ2) is 11.8. The maximum atomic E-state index is 8.03. The van der Waals surface area contributed by atoms with Crippen LogP contribution < -0.4 is 0 Å². The van der Waals surface area contributed by atoms with Crippen LogP contribution in [0.25, 0.3) is 110 Å². The van der Waals surface area contributed by atoms with Gasteiger partial charge in [0, 0.05) is 10.8 Å². The zero-order chi connectivity index (χ0) is 35.8. The molecule has 0 aliphatic carbocycles. The molecule has 0 unspecified atom stereocenters. The van der Waals surface area contributed by atoms with Crippen LogP contribution in [-0.4, -0.2) is 0 Å². The number of benzene rings is 10. The first-order valence-corrected chi connectivity index (χ1v) is 18.2. The fourth-order valence-electron chi connectivity index (χ4n) is 8.66. The summed E-state index contributed by atoms with van der Waals surface area (Å²) >= 11 is 0. The van der Waals surface area contributed by atoms with Crippen molar-refractivity contribution in [2.24, 2.45) is 0 Å². The van der Waals surface area contributed by atoms with Crippen LogP contribution in [-0.2, 0) is 0 Å². The molecule has 0 atom stereocenters. The molecule has 0 spiro atoms. The zero-order valence-corrected chi connectivity index (χ0v) is 28.8. The van der Waals surface area contributed by atoms with Gasteiger partial charge in [-0.25, -0.2) is 0 Å². The van der Waals surface area contributed by atoms with E-state index < -0.39 is 0 Å². The van der Waals surface area contributed by atoms with Gasteiger partial charge in [0.25, 0.3) is 0 Å². The molecule has 0 radical (unpaired) electrons. The molecule has 1 nitrogen and oxygen atoms in total. The molecular formula is C52H32O. The van der Waals surface area contributed by atoms with E-state index >= 15 is 0 Å². The van der Waals surface area contributed by atoms with E-state index in [-0.39, 0.29) is 0 Å². The van der Waals surface area contributed by atoms with E-state index in [2.05, 4.69) is 176 Å². The lowest BCUT2D eigenvalue weighted by atomic mass is 9.83. The van der Waals surface area contributed by atoms with Crippen molar-refractivity contribution in [2.45, 2.75) is 0 Å². The van der Waals surface area contributed by atoms with Crippen molar-refractivity contribution >= 4 is 65.0 Å². The maximum Gasteiger partial charge on any atom is 0.136 e. The third-order valence-electron chi connectivity index (χ3n) is 11.0. The molecule has 0 aliphatic rings. The fraction of sp³-hybridized carbons (Fsp3) is 0. The van der Waals surface area contributed by atoms with Gasteiger partial charge in [-0.3, -0.25) is 0 Å². The summed E-state index contributed by atoms with van der Waals surface area (Å²) in [5.41, 5.74) is 11.3. The van der Waals surface area contributed by atoms with Crippen LogP contribution in [0.3, 0.4) is 0 Å². The van der Waals surface area contributed by atoms with Gasteiger partial charge in [-0.05, 0) is 112 Å². The summed E-state index contributed by atoms with van der Waals surface area (Å²) < 4.78 is 14.5. The third kappa shape index (κ3) is 4.64. The van der Waals surface area contributed by atoms with Crippen molar-refractivity contribution in [3.63, 3.8) is 0 Å². The number of rotatable bonds is 4. The molecule has 1 aromatic heterocycles. The number of furan rings is 1. The van der Waals surface area contributed by atoms with Crippen LogP contribution in [0, 0.1) is 0 Å². The van der Waals surface area contributed by atoms with E-state index in [4.69, 9.17) is 5.79 Å². The molecule has 53 heavy (non-hydrogen) atoms. The topological polar surface area (TPSA) is 13.1 Å². The van der Waals surface area contributed by atoms with Gasteiger partial charge in [0.15, 0.2) is 0 Å². The van der Waals surface area contributed by atoms with Crippen molar-refractivity contribution < 1.29 is 5.79 Å². The molecule has 1 heterocycles. The smallest absolute Gasteiger partial charge is 0.136 e. The third-order valence-corrected chi connectivity index (χ3v) is 11.0. The van der Waals surface area contributed by atoms with E-state index in [0.717, 1.165) is 38.6 Å². The molecule has 246 valence electrons. The average molecular weight is 674 g/mol. The first kappa shape index (κ1) is 28.7. The zero-order valence-electron chi connectivity index (χ0n) is 29.8. The van der Waals surface area contributed by atoms with Gasteiger partial charge in [0.05, 0.1) is 1.37 Å². The van der Waals surface area contributed by atoms with Gasteiger partial charge in [0.2, 0.25) is 0 Å². The lowest BCUT2D eigenvalue weighted by molar-refractivity contribution is 0.669. The van der Waals surface area contributed by atoms with Crippen molar-refractivity contribution in [2.75, 3.05) is 0 Å². The second-order valence-corrected chi connectivity index (χ2v) is 13.9. The lowest BCUT2D eigenvalue weighted by Gasteiger charge is -2.20. The Kier molecular flexibility index (Phi) is 6.39. The molecule has 10 aromatic carbocycles. The minimum Gasteiger partial charge on any atom is -0.456 e. The van der Waals surface area contributed by atoms with E-state index in [1.165, 1.54) is 70.9 Å². The van der Waals surface area contributed by atoms with Gasteiger partial charge in [-0.15, -0.1) is 0 Å². The van der Waals surface area contributed by atoms with Crippen LogP contribution in [0.1, 0.15) is 1.37 Å². The first-order valence-electron chi connectivity index (χ1n) is 18.7. The minimum atomic E-state index is 0.518. The number of hydrogen-bond donors (Lipinski definition) is 0. The Morgan fingerprint density at radius 1 is 0.321 bits per heavy atom. The normalized spacial score (nSPS) is 12.0. The van der Waals surface area contributed by atoms with E-state index in [1.54, 1.807) is 0 Å². The average Bonchev–Trinajstić information content (AvgIpc) is 3.59. The largest absolute Gasteiger partial charge is 0.456 e. The Morgan fingerprint density at radius 3 is 1.58 bits per heavy atom. The van der Waals surface area contributed by atoms with Crippen LogP contribution in [0.15, 0.2) is 199 Å². The summed E-state index contributed by atoms with van der Waals surface area (Å²) in [7, 11) is 0. The SMILES string of the molecule is [2H]c1ccc(-c2ccc(-c3c4ccccc4c(-c4cccc(-c5cccc6oc7cc8ccccc8cc7c56)c4)c4ccccc34)c3ccccc23)cc1. The summed E-state index contributed by atoms with van der Waals surface area (Å²) in [6, 6.07) is 67.7. The Balaban J connectivity index is 1.14. The van der Waals surface area contributed by atoms with Gasteiger partial charge in [-0.2, -0.15) is 0 Å². The predicted molar refractivity (Wildman–Crippen MR) is 225 cm³/mol. The Hall–Kier alpha value is -6.96. The molecule has 0 bridgehead atoms. The summed E-state index contributed by atoms with van der Waals surface area (Å²) in [5.74, 6) is 0. The second-order valence-electron chi connectivity index (χ2n) is 13.9. The molecule has 0 saturated heterocycles. The molecule has 0 N–H and O–H groups in total. The standard InChI is InChI=1S/C52H32O/c1-2-14-33(15-3-1)38-28-29-46(41-21-7-6-20-40(38)41)51-44-24-10-8-22-42(44)50(43-23-9-11-25-45(43)51)37-19-12-18-36(30-37)39-26-13-27-48-52(39)47-31-34-16-4-5-17-35(34)32-49(47)53-48/h1-32H/i1D. The number of hydrogen-bond acceptors (Lipinski definition) is 1. The Bertz CT molecular complexity index is 3220. The molecule has 11 aromatic rings. The van der Waals surface area contributed by atoms with Crippen LogP contribution in [0.5, 0.6) is 0 Å². The Labute approximate surface area is 308 Å². The van der Waals surface area contributed by atoms with Gasteiger partial charge >= 0.3 is 0 Å². The molecule has 0 fully saturated rings. The lowest BCUT2D eigenvalue weighted by Crippen LogP contribution is -1.92. The van der Waals surface area contributed by atoms with E-state index in [9.17, 15) is 0 Å². The maximum absolute atomic E-state index is 8.03. The van der Waals surface area contributed by atoms with Crippen molar-refractivity contribution in [3.8, 4) is 44.5 Å². The van der Waals surface area contributed by atoms with Gasteiger partial charge < -0.3 is 4.42 Å². The van der Waals surface area contributed by atoms with Crippen molar-refractivity contribution in [1.82, 2.24) is 0 Å². The molecule has 0 aliphatic heterocycles. The van der Waals surface area contributed by atoms with Crippen molar-refractivity contribution in [1.29, 1.82) is 0 Å². The molecular weight excluding hydrogens is 641 g/mol.